The van der Waals surface area contributed by atoms with E-state index in [1.165, 1.54) is 0 Å². The number of piperidine rings is 1. The Morgan fingerprint density at radius 1 is 1.46 bits per heavy atom. The van der Waals surface area contributed by atoms with Gasteiger partial charge >= 0.3 is 0 Å². The first kappa shape index (κ1) is 16.9. The molecule has 7 heteroatoms. The van der Waals surface area contributed by atoms with Crippen molar-refractivity contribution >= 4 is 11.6 Å². The molecule has 1 aliphatic rings. The number of fused-ring (bicyclic) bond motifs is 1. The number of hydrogen-bond acceptors (Lipinski definition) is 5. The van der Waals surface area contributed by atoms with E-state index in [1.54, 1.807) is 17.8 Å². The van der Waals surface area contributed by atoms with Gasteiger partial charge in [-0.3, -0.25) is 9.69 Å². The predicted octanol–water partition coefficient (Wildman–Crippen LogP) is 1.19. The fourth-order valence-corrected chi connectivity index (χ4v) is 3.25. The van der Waals surface area contributed by atoms with E-state index >= 15 is 0 Å². The van der Waals surface area contributed by atoms with Gasteiger partial charge in [0.1, 0.15) is 0 Å². The molecule has 3 heterocycles. The van der Waals surface area contributed by atoms with E-state index in [2.05, 4.69) is 20.3 Å². The second-order valence-corrected chi connectivity index (χ2v) is 6.42. The lowest BCUT2D eigenvalue weighted by Crippen LogP contribution is -2.48. The van der Waals surface area contributed by atoms with Crippen LogP contribution in [0, 0.1) is 13.8 Å². The first-order valence-electron chi connectivity index (χ1n) is 8.42. The molecule has 0 aliphatic carbocycles. The molecule has 0 radical (unpaired) electrons. The Morgan fingerprint density at radius 2 is 2.29 bits per heavy atom. The molecule has 1 amide bonds. The molecule has 0 saturated carbocycles. The molecule has 2 aromatic rings. The van der Waals surface area contributed by atoms with Crippen molar-refractivity contribution in [1.82, 2.24) is 24.8 Å². The molecular formula is C17H25N5O2. The van der Waals surface area contributed by atoms with Crippen LogP contribution in [0.15, 0.2) is 12.3 Å². The monoisotopic (exact) mass is 331 g/mol. The molecule has 1 saturated heterocycles. The largest absolute Gasteiger partial charge is 0.383 e. The Labute approximate surface area is 142 Å². The fraction of sp³-hybridized carbons (Fsp3) is 0.588. The highest BCUT2D eigenvalue weighted by Gasteiger charge is 2.23. The van der Waals surface area contributed by atoms with Crippen molar-refractivity contribution < 1.29 is 9.53 Å². The van der Waals surface area contributed by atoms with Crippen LogP contribution in [0.4, 0.5) is 0 Å². The van der Waals surface area contributed by atoms with Gasteiger partial charge in [-0.25, -0.2) is 9.50 Å². The maximum absolute atomic E-state index is 12.7. The Balaban J connectivity index is 1.69. The van der Waals surface area contributed by atoms with Crippen molar-refractivity contribution in [3.63, 3.8) is 0 Å². The number of carbonyl (C=O) groups is 1. The predicted molar refractivity (Wildman–Crippen MR) is 91.3 cm³/mol. The Bertz CT molecular complexity index is 727. The van der Waals surface area contributed by atoms with Crippen LogP contribution in [0.2, 0.25) is 0 Å². The number of methoxy groups -OCH3 is 1. The van der Waals surface area contributed by atoms with Crippen molar-refractivity contribution in [2.75, 3.05) is 33.4 Å². The highest BCUT2D eigenvalue weighted by Crippen LogP contribution is 2.14. The van der Waals surface area contributed by atoms with Crippen LogP contribution in [0.1, 0.15) is 34.6 Å². The zero-order valence-corrected chi connectivity index (χ0v) is 14.6. The Morgan fingerprint density at radius 3 is 3.08 bits per heavy atom. The molecule has 7 nitrogen and oxygen atoms in total. The zero-order valence-electron chi connectivity index (χ0n) is 14.6. The van der Waals surface area contributed by atoms with E-state index in [0.717, 1.165) is 56.1 Å². The molecule has 0 unspecified atom stereocenters. The highest BCUT2D eigenvalue weighted by atomic mass is 16.5. The average molecular weight is 331 g/mol. The third-order valence-electron chi connectivity index (χ3n) is 4.54. The van der Waals surface area contributed by atoms with E-state index in [1.807, 2.05) is 19.9 Å². The summed E-state index contributed by atoms with van der Waals surface area (Å²) in [6, 6.07) is 2.07. The van der Waals surface area contributed by atoms with Gasteiger partial charge in [0, 0.05) is 38.5 Å². The lowest BCUT2D eigenvalue weighted by atomic mass is 10.1. The van der Waals surface area contributed by atoms with Crippen LogP contribution in [0.3, 0.4) is 0 Å². The minimum Gasteiger partial charge on any atom is -0.383 e. The van der Waals surface area contributed by atoms with E-state index in [9.17, 15) is 4.79 Å². The van der Waals surface area contributed by atoms with Gasteiger partial charge in [0.15, 0.2) is 5.65 Å². The molecule has 1 aliphatic heterocycles. The minimum atomic E-state index is -0.0753. The van der Waals surface area contributed by atoms with Crippen LogP contribution in [0.25, 0.3) is 5.65 Å². The van der Waals surface area contributed by atoms with Gasteiger partial charge in [0.25, 0.3) is 5.91 Å². The van der Waals surface area contributed by atoms with Gasteiger partial charge in [-0.15, -0.1) is 0 Å². The highest BCUT2D eigenvalue weighted by molar-refractivity contribution is 5.95. The molecule has 3 rings (SSSR count). The number of nitrogens with zero attached hydrogens (tertiary/aromatic N) is 4. The number of hydrogen-bond donors (Lipinski definition) is 1. The number of aryl methyl sites for hydroxylation is 2. The van der Waals surface area contributed by atoms with E-state index in [4.69, 9.17) is 4.74 Å². The van der Waals surface area contributed by atoms with Gasteiger partial charge in [-0.05, 0) is 33.2 Å². The Hall–Kier alpha value is -1.99. The summed E-state index contributed by atoms with van der Waals surface area (Å²) >= 11 is 0. The van der Waals surface area contributed by atoms with Gasteiger partial charge in [-0.2, -0.15) is 5.10 Å². The molecular weight excluding hydrogens is 306 g/mol. The van der Waals surface area contributed by atoms with Crippen LogP contribution in [0.5, 0.6) is 0 Å². The van der Waals surface area contributed by atoms with Gasteiger partial charge < -0.3 is 10.1 Å². The van der Waals surface area contributed by atoms with E-state index in [0.29, 0.717) is 5.56 Å². The lowest BCUT2D eigenvalue weighted by Gasteiger charge is -2.33. The normalized spacial score (nSPS) is 18.9. The second-order valence-electron chi connectivity index (χ2n) is 6.42. The first-order chi connectivity index (χ1) is 11.6. The molecule has 2 aromatic heterocycles. The minimum absolute atomic E-state index is 0.0753. The van der Waals surface area contributed by atoms with Crippen molar-refractivity contribution in [1.29, 1.82) is 0 Å². The number of carbonyl (C=O) groups excluding carboxylic acids is 1. The van der Waals surface area contributed by atoms with Gasteiger partial charge in [0.05, 0.1) is 23.6 Å². The van der Waals surface area contributed by atoms with Crippen molar-refractivity contribution in [2.45, 2.75) is 32.7 Å². The van der Waals surface area contributed by atoms with E-state index < -0.39 is 0 Å². The van der Waals surface area contributed by atoms with Crippen LogP contribution >= 0.6 is 0 Å². The van der Waals surface area contributed by atoms with Crippen molar-refractivity contribution in [2.24, 2.45) is 0 Å². The van der Waals surface area contributed by atoms with Gasteiger partial charge in [-0.1, -0.05) is 0 Å². The average Bonchev–Trinajstić information content (AvgIpc) is 2.95. The molecule has 1 atom stereocenters. The SMILES string of the molecule is COCCN1CCC[C@H](NC(=O)c2cnc3cc(C)nn3c2C)C1. The third kappa shape index (κ3) is 3.57. The van der Waals surface area contributed by atoms with Gasteiger partial charge in [0.2, 0.25) is 0 Å². The van der Waals surface area contributed by atoms with Crippen molar-refractivity contribution in [3.8, 4) is 0 Å². The summed E-state index contributed by atoms with van der Waals surface area (Å²) in [4.78, 5) is 19.4. The van der Waals surface area contributed by atoms with Crippen molar-refractivity contribution in [3.05, 3.63) is 29.2 Å². The molecule has 1 fully saturated rings. The molecule has 0 spiro atoms. The summed E-state index contributed by atoms with van der Waals surface area (Å²) in [7, 11) is 1.71. The lowest BCUT2D eigenvalue weighted by molar-refractivity contribution is 0.0877. The molecule has 0 aromatic carbocycles. The van der Waals surface area contributed by atoms with Crippen LogP contribution in [-0.2, 0) is 4.74 Å². The maximum atomic E-state index is 12.7. The summed E-state index contributed by atoms with van der Waals surface area (Å²) < 4.78 is 6.87. The summed E-state index contributed by atoms with van der Waals surface area (Å²) in [5.74, 6) is -0.0753. The number of ether oxygens (including phenoxy) is 1. The Kier molecular flexibility index (Phi) is 5.11. The summed E-state index contributed by atoms with van der Waals surface area (Å²) in [6.07, 6.45) is 3.74. The number of nitrogens with one attached hydrogen (secondary N) is 1. The quantitative estimate of drug-likeness (QED) is 0.891. The van der Waals surface area contributed by atoms with Crippen LogP contribution < -0.4 is 5.32 Å². The zero-order chi connectivity index (χ0) is 17.1. The maximum Gasteiger partial charge on any atom is 0.254 e. The number of rotatable bonds is 5. The summed E-state index contributed by atoms with van der Waals surface area (Å²) in [5, 5.41) is 7.55. The first-order valence-corrected chi connectivity index (χ1v) is 8.42. The fourth-order valence-electron chi connectivity index (χ4n) is 3.25. The smallest absolute Gasteiger partial charge is 0.254 e. The topological polar surface area (TPSA) is 71.8 Å². The molecule has 24 heavy (non-hydrogen) atoms. The molecule has 1 N–H and O–H groups in total. The third-order valence-corrected chi connectivity index (χ3v) is 4.54. The summed E-state index contributed by atoms with van der Waals surface area (Å²) in [5.41, 5.74) is 3.06. The number of amides is 1. The standard InChI is InChI=1S/C17H25N5O2/c1-12-9-16-18-10-15(13(2)22(16)20-12)17(23)19-14-5-4-6-21(11-14)7-8-24-3/h9-10,14H,4-8,11H2,1-3H3,(H,19,23)/t14-/m0/s1. The second kappa shape index (κ2) is 7.27. The van der Waals surface area contributed by atoms with E-state index in [-0.39, 0.29) is 11.9 Å². The van der Waals surface area contributed by atoms with Crippen LogP contribution in [-0.4, -0.2) is 64.8 Å². The summed E-state index contributed by atoms with van der Waals surface area (Å²) in [6.45, 7) is 7.38. The molecule has 0 bridgehead atoms. The molecule has 130 valence electrons. The number of aromatic nitrogens is 3. The number of likely N-dealkylation sites (tertiary alicyclic amines) is 1.